The number of nitrogens with one attached hydrogen (secondary N) is 1. The van der Waals surface area contributed by atoms with Gasteiger partial charge < -0.3 is 15.1 Å². The summed E-state index contributed by atoms with van der Waals surface area (Å²) >= 11 is 1.66. The first kappa shape index (κ1) is 20.3. The number of guanidine groups is 1. The van der Waals surface area contributed by atoms with Crippen LogP contribution in [0.25, 0.3) is 0 Å². The Balaban J connectivity index is 2.58. The zero-order chi connectivity index (χ0) is 18.2. The molecular weight excluding hydrogens is 341 g/mol. The van der Waals surface area contributed by atoms with Crippen LogP contribution in [-0.2, 0) is 11.2 Å². The number of hydrogen-bond donors (Lipinski definition) is 1. The topological polar surface area (TPSA) is 47.9 Å². The molecule has 0 aliphatic heterocycles. The minimum Gasteiger partial charge on any atom is -0.357 e. The summed E-state index contributed by atoms with van der Waals surface area (Å²) in [6.45, 7) is 1.60. The molecule has 24 heavy (non-hydrogen) atoms. The number of nitrogens with zero attached hydrogens (tertiary/aromatic N) is 3. The summed E-state index contributed by atoms with van der Waals surface area (Å²) in [5.41, 5.74) is 0. The van der Waals surface area contributed by atoms with Gasteiger partial charge in [-0.05, 0) is 24.8 Å². The van der Waals surface area contributed by atoms with E-state index in [1.54, 1.807) is 11.3 Å². The summed E-state index contributed by atoms with van der Waals surface area (Å²) in [7, 11) is 2.96. The molecule has 1 rings (SSSR count). The largest absolute Gasteiger partial charge is 0.406 e. The molecule has 0 saturated carbocycles. The zero-order valence-corrected chi connectivity index (χ0v) is 14.9. The highest BCUT2D eigenvalue weighted by molar-refractivity contribution is 7.09. The molecule has 0 saturated heterocycles. The predicted molar refractivity (Wildman–Crippen MR) is 90.3 cm³/mol. The quantitative estimate of drug-likeness (QED) is 0.596. The van der Waals surface area contributed by atoms with Gasteiger partial charge in [0.15, 0.2) is 5.96 Å². The van der Waals surface area contributed by atoms with Gasteiger partial charge in [-0.1, -0.05) is 6.07 Å². The lowest BCUT2D eigenvalue weighted by Gasteiger charge is -2.22. The Morgan fingerprint density at radius 3 is 2.58 bits per heavy atom. The summed E-state index contributed by atoms with van der Waals surface area (Å²) in [6.07, 6.45) is -3.57. The van der Waals surface area contributed by atoms with Crippen LogP contribution >= 0.6 is 11.3 Å². The van der Waals surface area contributed by atoms with Crippen LogP contribution in [0.4, 0.5) is 13.2 Å². The van der Waals surface area contributed by atoms with Gasteiger partial charge in [0.05, 0.1) is 0 Å². The highest BCUT2D eigenvalue weighted by atomic mass is 32.1. The molecule has 1 aromatic heterocycles. The van der Waals surface area contributed by atoms with Gasteiger partial charge in [0.2, 0.25) is 5.91 Å². The SMILES string of the molecule is CCNC(=NCC(=O)N(C)CC(F)(F)F)N(C)CCc1cccs1. The fourth-order valence-corrected chi connectivity index (χ4v) is 2.63. The van der Waals surface area contributed by atoms with E-state index in [0.717, 1.165) is 13.5 Å². The average Bonchev–Trinajstić information content (AvgIpc) is 3.00. The molecule has 0 fully saturated rings. The van der Waals surface area contributed by atoms with Crippen LogP contribution in [0.1, 0.15) is 11.8 Å². The summed E-state index contributed by atoms with van der Waals surface area (Å²) < 4.78 is 36.9. The molecule has 0 radical (unpaired) electrons. The number of alkyl halides is 3. The first-order valence-corrected chi connectivity index (χ1v) is 8.43. The van der Waals surface area contributed by atoms with E-state index in [0.29, 0.717) is 23.9 Å². The molecular formula is C15H23F3N4OS. The highest BCUT2D eigenvalue weighted by Crippen LogP contribution is 2.15. The van der Waals surface area contributed by atoms with Crippen molar-refractivity contribution in [2.75, 3.05) is 40.3 Å². The molecule has 5 nitrogen and oxygen atoms in total. The Kier molecular flexibility index (Phi) is 8.03. The standard InChI is InChI=1S/C15H23F3N4OS/c1-4-19-14(21(2)8-7-12-6-5-9-24-12)20-10-13(23)22(3)11-15(16,17)18/h5-6,9H,4,7-8,10-11H2,1-3H3,(H,19,20). The second-order valence-corrected chi connectivity index (χ2v) is 6.32. The van der Waals surface area contributed by atoms with Crippen LogP contribution in [0.15, 0.2) is 22.5 Å². The minimum atomic E-state index is -4.41. The number of aliphatic imine (C=N–C) groups is 1. The van der Waals surface area contributed by atoms with E-state index in [4.69, 9.17) is 0 Å². The smallest absolute Gasteiger partial charge is 0.357 e. The number of carbonyl (C=O) groups excluding carboxylic acids is 1. The van der Waals surface area contributed by atoms with Crippen LogP contribution in [0.5, 0.6) is 0 Å². The lowest BCUT2D eigenvalue weighted by molar-refractivity contribution is -0.157. The van der Waals surface area contributed by atoms with Crippen molar-refractivity contribution in [2.24, 2.45) is 4.99 Å². The maximum absolute atomic E-state index is 12.3. The molecule has 0 aliphatic carbocycles. The van der Waals surface area contributed by atoms with Crippen molar-refractivity contribution in [3.8, 4) is 0 Å². The third-order valence-corrected chi connectivity index (χ3v) is 4.11. The Morgan fingerprint density at radius 1 is 1.33 bits per heavy atom. The van der Waals surface area contributed by atoms with Crippen molar-refractivity contribution in [1.82, 2.24) is 15.1 Å². The minimum absolute atomic E-state index is 0.321. The van der Waals surface area contributed by atoms with Crippen LogP contribution in [0.3, 0.4) is 0 Å². The third-order valence-electron chi connectivity index (χ3n) is 3.18. The van der Waals surface area contributed by atoms with Crippen LogP contribution in [0.2, 0.25) is 0 Å². The maximum atomic E-state index is 12.3. The lowest BCUT2D eigenvalue weighted by atomic mass is 10.3. The molecule has 1 heterocycles. The second kappa shape index (κ2) is 9.51. The van der Waals surface area contributed by atoms with E-state index in [1.165, 1.54) is 4.88 Å². The summed E-state index contributed by atoms with van der Waals surface area (Å²) in [5.74, 6) is -0.169. The Morgan fingerprint density at radius 2 is 2.04 bits per heavy atom. The number of thiophene rings is 1. The molecule has 0 spiro atoms. The number of rotatable bonds is 7. The fraction of sp³-hybridized carbons (Fsp3) is 0.600. The zero-order valence-electron chi connectivity index (χ0n) is 14.1. The normalized spacial score (nSPS) is 12.2. The van der Waals surface area contributed by atoms with Gasteiger partial charge >= 0.3 is 6.18 Å². The van der Waals surface area contributed by atoms with Gasteiger partial charge in [0.1, 0.15) is 13.1 Å². The number of amides is 1. The maximum Gasteiger partial charge on any atom is 0.406 e. The summed E-state index contributed by atoms with van der Waals surface area (Å²) in [6, 6.07) is 4.02. The third kappa shape index (κ3) is 7.67. The van der Waals surface area contributed by atoms with Crippen LogP contribution < -0.4 is 5.32 Å². The van der Waals surface area contributed by atoms with Crippen molar-refractivity contribution in [1.29, 1.82) is 0 Å². The van der Waals surface area contributed by atoms with Gasteiger partial charge in [-0.3, -0.25) is 4.79 Å². The first-order chi connectivity index (χ1) is 11.2. The van der Waals surface area contributed by atoms with Crippen molar-refractivity contribution in [3.63, 3.8) is 0 Å². The molecule has 9 heteroatoms. The Labute approximate surface area is 144 Å². The van der Waals surface area contributed by atoms with Gasteiger partial charge in [-0.2, -0.15) is 13.2 Å². The first-order valence-electron chi connectivity index (χ1n) is 7.55. The van der Waals surface area contributed by atoms with E-state index >= 15 is 0 Å². The number of carbonyl (C=O) groups is 1. The lowest BCUT2D eigenvalue weighted by Crippen LogP contribution is -2.41. The molecule has 0 aliphatic rings. The van der Waals surface area contributed by atoms with Crippen LogP contribution in [0, 0.1) is 0 Å². The molecule has 1 aromatic rings. The van der Waals surface area contributed by atoms with E-state index in [2.05, 4.69) is 10.3 Å². The average molecular weight is 364 g/mol. The van der Waals surface area contributed by atoms with Gasteiger partial charge in [-0.15, -0.1) is 11.3 Å². The van der Waals surface area contributed by atoms with E-state index in [9.17, 15) is 18.0 Å². The molecule has 0 atom stereocenters. The van der Waals surface area contributed by atoms with Crippen molar-refractivity contribution in [2.45, 2.75) is 19.5 Å². The second-order valence-electron chi connectivity index (χ2n) is 5.29. The Hall–Kier alpha value is -1.77. The predicted octanol–water partition coefficient (Wildman–Crippen LogP) is 2.21. The van der Waals surface area contributed by atoms with E-state index in [1.807, 2.05) is 36.4 Å². The van der Waals surface area contributed by atoms with Gasteiger partial charge in [0.25, 0.3) is 0 Å². The van der Waals surface area contributed by atoms with Gasteiger partial charge in [-0.25, -0.2) is 4.99 Å². The highest BCUT2D eigenvalue weighted by Gasteiger charge is 2.31. The van der Waals surface area contributed by atoms with Gasteiger partial charge in [0, 0.05) is 32.1 Å². The van der Waals surface area contributed by atoms with Crippen LogP contribution in [-0.4, -0.2) is 68.1 Å². The molecule has 1 amide bonds. The van der Waals surface area contributed by atoms with E-state index in [-0.39, 0.29) is 6.54 Å². The number of likely N-dealkylation sites (N-methyl/N-ethyl adjacent to an activating group) is 2. The number of halogens is 3. The van der Waals surface area contributed by atoms with Crippen molar-refractivity contribution >= 4 is 23.2 Å². The van der Waals surface area contributed by atoms with E-state index < -0.39 is 18.6 Å². The van der Waals surface area contributed by atoms with Crippen molar-refractivity contribution in [3.05, 3.63) is 22.4 Å². The Bertz CT molecular complexity index is 531. The molecule has 0 bridgehead atoms. The molecule has 136 valence electrons. The number of hydrogen-bond acceptors (Lipinski definition) is 3. The molecule has 0 unspecified atom stereocenters. The molecule has 0 aromatic carbocycles. The monoisotopic (exact) mass is 364 g/mol. The fourth-order valence-electron chi connectivity index (χ4n) is 1.93. The molecule has 1 N–H and O–H groups in total. The van der Waals surface area contributed by atoms with Crippen molar-refractivity contribution < 1.29 is 18.0 Å². The summed E-state index contributed by atoms with van der Waals surface area (Å²) in [4.78, 5) is 19.6. The summed E-state index contributed by atoms with van der Waals surface area (Å²) in [5, 5.41) is 5.05.